The van der Waals surface area contributed by atoms with Gasteiger partial charge in [-0.3, -0.25) is 0 Å². The minimum atomic E-state index is 1.13. The summed E-state index contributed by atoms with van der Waals surface area (Å²) in [5.41, 5.74) is 3.66. The molecule has 0 spiro atoms. The molecule has 0 saturated carbocycles. The van der Waals surface area contributed by atoms with Crippen molar-refractivity contribution in [2.24, 2.45) is 0 Å². The van der Waals surface area contributed by atoms with Gasteiger partial charge in [-0.15, -0.1) is 13.2 Å². The molecule has 0 heteroatoms. The number of hydrogen-bond donors (Lipinski definition) is 0. The summed E-state index contributed by atoms with van der Waals surface area (Å²) in [6.45, 7) is 18.0. The summed E-state index contributed by atoms with van der Waals surface area (Å²) in [6, 6.07) is 8.36. The average Bonchev–Trinajstić information content (AvgIpc) is 2.24. The molecule has 0 amide bonds. The van der Waals surface area contributed by atoms with Crippen LogP contribution in [0.2, 0.25) is 0 Å². The highest BCUT2D eigenvalue weighted by Gasteiger charge is 1.90. The van der Waals surface area contributed by atoms with E-state index >= 15 is 0 Å². The van der Waals surface area contributed by atoms with Gasteiger partial charge in [0.05, 0.1) is 0 Å². The Kier molecular flexibility index (Phi) is 10.6. The molecule has 0 nitrogen and oxygen atoms in total. The molecule has 1 aromatic rings. The van der Waals surface area contributed by atoms with Crippen molar-refractivity contribution < 1.29 is 0 Å². The lowest BCUT2D eigenvalue weighted by molar-refractivity contribution is 1.44. The molecule has 1 aromatic carbocycles. The first-order valence-electron chi connectivity index (χ1n) is 4.92. The molecule has 0 aliphatic heterocycles. The molecule has 78 valence electrons. The van der Waals surface area contributed by atoms with E-state index in [1.54, 1.807) is 0 Å². The lowest BCUT2D eigenvalue weighted by Gasteiger charge is -1.98. The van der Waals surface area contributed by atoms with E-state index in [2.05, 4.69) is 50.9 Å². The maximum Gasteiger partial charge on any atom is -0.0231 e. The van der Waals surface area contributed by atoms with E-state index in [9.17, 15) is 0 Å². The summed E-state index contributed by atoms with van der Waals surface area (Å²) >= 11 is 0. The number of rotatable bonds is 1. The highest BCUT2D eigenvalue weighted by Crippen LogP contribution is 2.11. The average molecular weight is 190 g/mol. The van der Waals surface area contributed by atoms with Crippen molar-refractivity contribution in [2.75, 3.05) is 0 Å². The molecular formula is C14H22. The van der Waals surface area contributed by atoms with E-state index in [1.807, 2.05) is 20.8 Å². The van der Waals surface area contributed by atoms with Crippen LogP contribution in [0.4, 0.5) is 0 Å². The SMILES string of the molecule is C=C.C=C(C)c1cccc(C)c1.CC. The Labute approximate surface area is 89.0 Å². The largest absolute Gasteiger partial charge is 0.106 e. The van der Waals surface area contributed by atoms with Gasteiger partial charge in [0.2, 0.25) is 0 Å². The predicted molar refractivity (Wildman–Crippen MR) is 68.5 cm³/mol. The van der Waals surface area contributed by atoms with Crippen molar-refractivity contribution in [3.8, 4) is 0 Å². The van der Waals surface area contributed by atoms with Crippen LogP contribution >= 0.6 is 0 Å². The van der Waals surface area contributed by atoms with E-state index in [4.69, 9.17) is 0 Å². The lowest BCUT2D eigenvalue weighted by Crippen LogP contribution is -1.77. The van der Waals surface area contributed by atoms with Crippen molar-refractivity contribution in [1.29, 1.82) is 0 Å². The van der Waals surface area contributed by atoms with E-state index in [0.717, 1.165) is 5.57 Å². The number of hydrogen-bond acceptors (Lipinski definition) is 0. The highest BCUT2D eigenvalue weighted by molar-refractivity contribution is 5.61. The fraction of sp³-hybridized carbons (Fsp3) is 0.286. The normalized spacial score (nSPS) is 7.43. The van der Waals surface area contributed by atoms with E-state index in [-0.39, 0.29) is 0 Å². The van der Waals surface area contributed by atoms with Gasteiger partial charge in [0.1, 0.15) is 0 Å². The lowest BCUT2D eigenvalue weighted by atomic mass is 10.1. The van der Waals surface area contributed by atoms with E-state index in [1.165, 1.54) is 11.1 Å². The van der Waals surface area contributed by atoms with Gasteiger partial charge in [-0.25, -0.2) is 0 Å². The van der Waals surface area contributed by atoms with Crippen molar-refractivity contribution in [3.05, 3.63) is 55.1 Å². The van der Waals surface area contributed by atoms with E-state index < -0.39 is 0 Å². The number of aryl methyl sites for hydroxylation is 1. The first-order chi connectivity index (χ1) is 6.70. The predicted octanol–water partition coefficient (Wildman–Crippen LogP) is 4.86. The molecular weight excluding hydrogens is 168 g/mol. The van der Waals surface area contributed by atoms with Crippen LogP contribution in [0.1, 0.15) is 31.9 Å². The monoisotopic (exact) mass is 190 g/mol. The molecule has 1 rings (SSSR count). The molecule has 0 unspecified atom stereocenters. The minimum Gasteiger partial charge on any atom is -0.106 e. The molecule has 0 fully saturated rings. The molecule has 14 heavy (non-hydrogen) atoms. The summed E-state index contributed by atoms with van der Waals surface area (Å²) in [7, 11) is 0. The summed E-state index contributed by atoms with van der Waals surface area (Å²) in [5, 5.41) is 0. The third-order valence-corrected chi connectivity index (χ3v) is 1.51. The number of benzene rings is 1. The minimum absolute atomic E-state index is 1.13. The Morgan fingerprint density at radius 1 is 1.14 bits per heavy atom. The van der Waals surface area contributed by atoms with Crippen LogP contribution in [0, 0.1) is 6.92 Å². The first-order valence-corrected chi connectivity index (χ1v) is 4.92. The quantitative estimate of drug-likeness (QED) is 0.555. The molecule has 0 aliphatic rings. The summed E-state index contributed by atoms with van der Waals surface area (Å²) < 4.78 is 0. The van der Waals surface area contributed by atoms with Gasteiger partial charge < -0.3 is 0 Å². The number of allylic oxidation sites excluding steroid dienone is 1. The van der Waals surface area contributed by atoms with Crippen molar-refractivity contribution in [3.63, 3.8) is 0 Å². The van der Waals surface area contributed by atoms with Crippen molar-refractivity contribution in [2.45, 2.75) is 27.7 Å². The molecule has 0 atom stereocenters. The Hall–Kier alpha value is -1.30. The van der Waals surface area contributed by atoms with Crippen LogP contribution in [-0.4, -0.2) is 0 Å². The summed E-state index contributed by atoms with van der Waals surface area (Å²) in [4.78, 5) is 0. The third-order valence-electron chi connectivity index (χ3n) is 1.51. The van der Waals surface area contributed by atoms with Crippen LogP contribution in [0.25, 0.3) is 5.57 Å². The Bertz CT molecular complexity index is 258. The molecule has 0 heterocycles. The van der Waals surface area contributed by atoms with Gasteiger partial charge in [-0.2, -0.15) is 0 Å². The Morgan fingerprint density at radius 2 is 1.64 bits per heavy atom. The summed E-state index contributed by atoms with van der Waals surface area (Å²) in [5.74, 6) is 0. The van der Waals surface area contributed by atoms with Gasteiger partial charge in [-0.05, 0) is 19.4 Å². The molecule has 0 saturated heterocycles. The maximum absolute atomic E-state index is 3.87. The van der Waals surface area contributed by atoms with Gasteiger partial charge in [0.15, 0.2) is 0 Å². The second kappa shape index (κ2) is 9.79. The Morgan fingerprint density at radius 3 is 1.93 bits per heavy atom. The fourth-order valence-corrected chi connectivity index (χ4v) is 0.911. The highest BCUT2D eigenvalue weighted by atomic mass is 14.0. The van der Waals surface area contributed by atoms with Crippen LogP contribution in [0.15, 0.2) is 44.0 Å². The topological polar surface area (TPSA) is 0 Å². The summed E-state index contributed by atoms with van der Waals surface area (Å²) in [6.07, 6.45) is 0. The van der Waals surface area contributed by atoms with Crippen LogP contribution in [-0.2, 0) is 0 Å². The fourth-order valence-electron chi connectivity index (χ4n) is 0.911. The molecule has 0 radical (unpaired) electrons. The zero-order valence-electron chi connectivity index (χ0n) is 9.93. The van der Waals surface area contributed by atoms with E-state index in [0.29, 0.717) is 0 Å². The van der Waals surface area contributed by atoms with Crippen LogP contribution in [0.3, 0.4) is 0 Å². The molecule has 0 N–H and O–H groups in total. The van der Waals surface area contributed by atoms with Gasteiger partial charge >= 0.3 is 0 Å². The second-order valence-corrected chi connectivity index (χ2v) is 2.65. The smallest absolute Gasteiger partial charge is 0.0231 e. The molecule has 0 bridgehead atoms. The molecule has 0 aliphatic carbocycles. The zero-order chi connectivity index (χ0) is 11.6. The van der Waals surface area contributed by atoms with Crippen LogP contribution < -0.4 is 0 Å². The molecule has 0 aromatic heterocycles. The zero-order valence-corrected chi connectivity index (χ0v) is 9.93. The second-order valence-electron chi connectivity index (χ2n) is 2.65. The van der Waals surface area contributed by atoms with Gasteiger partial charge in [0.25, 0.3) is 0 Å². The van der Waals surface area contributed by atoms with Crippen LogP contribution in [0.5, 0.6) is 0 Å². The standard InChI is InChI=1S/C10H12.C2H6.C2H4/c1-8(2)10-6-4-5-9(3)7-10;2*1-2/h4-7H,1H2,2-3H3;1-2H3;1-2H2. The van der Waals surface area contributed by atoms with Gasteiger partial charge in [-0.1, -0.05) is 55.8 Å². The van der Waals surface area contributed by atoms with Gasteiger partial charge in [0, 0.05) is 0 Å². The third kappa shape index (κ3) is 6.24. The first kappa shape index (κ1) is 15.2. The van der Waals surface area contributed by atoms with Crippen molar-refractivity contribution in [1.82, 2.24) is 0 Å². The Balaban J connectivity index is 0. The maximum atomic E-state index is 3.87. The van der Waals surface area contributed by atoms with Crippen molar-refractivity contribution >= 4 is 5.57 Å².